The minimum absolute atomic E-state index is 0.0768. The summed E-state index contributed by atoms with van der Waals surface area (Å²) in [5, 5.41) is 6.97. The molecule has 2 aromatic carbocycles. The number of aryl methyl sites for hydroxylation is 2. The van der Waals surface area contributed by atoms with Crippen LogP contribution in [0.3, 0.4) is 0 Å². The molecule has 0 aliphatic heterocycles. The van der Waals surface area contributed by atoms with Crippen LogP contribution in [-0.4, -0.2) is 53.3 Å². The quantitative estimate of drug-likeness (QED) is 0.484. The Morgan fingerprint density at radius 2 is 1.48 bits per heavy atom. The third kappa shape index (κ3) is 7.99. The van der Waals surface area contributed by atoms with E-state index < -0.39 is 0 Å². The van der Waals surface area contributed by atoms with E-state index in [2.05, 4.69) is 10.4 Å². The van der Waals surface area contributed by atoms with E-state index in [9.17, 15) is 9.59 Å². The minimum atomic E-state index is -0.205. The van der Waals surface area contributed by atoms with Gasteiger partial charge in [0.15, 0.2) is 5.82 Å². The van der Waals surface area contributed by atoms with Gasteiger partial charge in [0.25, 0.3) is 0 Å². The highest BCUT2D eigenvalue weighted by Crippen LogP contribution is 2.12. The third-order valence-electron chi connectivity index (χ3n) is 4.97. The molecule has 0 unspecified atom stereocenters. The van der Waals surface area contributed by atoms with Gasteiger partial charge in [-0.1, -0.05) is 35.4 Å². The maximum Gasteiger partial charge on any atom is 0.244 e. The number of aromatic nitrogens is 2. The van der Waals surface area contributed by atoms with Gasteiger partial charge in [-0.25, -0.2) is 0 Å². The van der Waals surface area contributed by atoms with Crippen LogP contribution in [0.1, 0.15) is 17.5 Å². The number of anilines is 1. The summed E-state index contributed by atoms with van der Waals surface area (Å²) in [6, 6.07) is 17.1. The molecule has 33 heavy (non-hydrogen) atoms. The molecule has 0 spiro atoms. The monoisotopic (exact) mass is 450 g/mol. The van der Waals surface area contributed by atoms with Gasteiger partial charge in [0, 0.05) is 19.3 Å². The van der Waals surface area contributed by atoms with Crippen LogP contribution in [0.25, 0.3) is 0 Å². The van der Waals surface area contributed by atoms with Crippen molar-refractivity contribution in [1.29, 1.82) is 0 Å². The molecule has 1 N–H and O–H groups in total. The SMILES string of the molecule is Cc1ccc(OCCC(=O)Nc2ccn(CC(=O)N(C)CCOc3ccc(C)cc3)n2)cc1. The molecule has 0 saturated heterocycles. The van der Waals surface area contributed by atoms with Crippen LogP contribution in [0.2, 0.25) is 0 Å². The molecule has 8 heteroatoms. The van der Waals surface area contributed by atoms with E-state index in [1.807, 2.05) is 62.4 Å². The van der Waals surface area contributed by atoms with Crippen LogP contribution in [0.4, 0.5) is 5.82 Å². The molecule has 1 aromatic heterocycles. The van der Waals surface area contributed by atoms with E-state index in [1.54, 1.807) is 24.2 Å². The van der Waals surface area contributed by atoms with Gasteiger partial charge < -0.3 is 19.7 Å². The number of benzene rings is 2. The van der Waals surface area contributed by atoms with Gasteiger partial charge in [0.1, 0.15) is 24.7 Å². The Hall–Kier alpha value is -3.81. The molecular formula is C25H30N4O4. The number of nitrogens with one attached hydrogen (secondary N) is 1. The van der Waals surface area contributed by atoms with Crippen molar-refractivity contribution in [2.45, 2.75) is 26.8 Å². The van der Waals surface area contributed by atoms with E-state index in [1.165, 1.54) is 10.2 Å². The Labute approximate surface area is 194 Å². The number of ether oxygens (including phenoxy) is 2. The number of carbonyl (C=O) groups is 2. The zero-order chi connectivity index (χ0) is 23.6. The van der Waals surface area contributed by atoms with E-state index in [4.69, 9.17) is 9.47 Å². The lowest BCUT2D eigenvalue weighted by molar-refractivity contribution is -0.131. The summed E-state index contributed by atoms with van der Waals surface area (Å²) >= 11 is 0. The molecule has 0 saturated carbocycles. The van der Waals surface area contributed by atoms with Crippen molar-refractivity contribution in [3.63, 3.8) is 0 Å². The van der Waals surface area contributed by atoms with Crippen molar-refractivity contribution in [2.24, 2.45) is 0 Å². The average Bonchev–Trinajstić information content (AvgIpc) is 3.22. The lowest BCUT2D eigenvalue weighted by Crippen LogP contribution is -2.33. The largest absolute Gasteiger partial charge is 0.493 e. The molecule has 0 bridgehead atoms. The van der Waals surface area contributed by atoms with Crippen LogP contribution >= 0.6 is 0 Å². The van der Waals surface area contributed by atoms with Gasteiger partial charge in [-0.05, 0) is 38.1 Å². The zero-order valence-electron chi connectivity index (χ0n) is 19.3. The zero-order valence-corrected chi connectivity index (χ0v) is 19.3. The smallest absolute Gasteiger partial charge is 0.244 e. The predicted octanol–water partition coefficient (Wildman–Crippen LogP) is 3.44. The third-order valence-corrected chi connectivity index (χ3v) is 4.97. The number of hydrogen-bond donors (Lipinski definition) is 1. The topological polar surface area (TPSA) is 85.7 Å². The van der Waals surface area contributed by atoms with Crippen LogP contribution in [-0.2, 0) is 16.1 Å². The number of hydrogen-bond acceptors (Lipinski definition) is 5. The second-order valence-electron chi connectivity index (χ2n) is 7.84. The van der Waals surface area contributed by atoms with Gasteiger partial charge >= 0.3 is 0 Å². The van der Waals surface area contributed by atoms with Crippen molar-refractivity contribution >= 4 is 17.6 Å². The van der Waals surface area contributed by atoms with Crippen molar-refractivity contribution < 1.29 is 19.1 Å². The standard InChI is InChI=1S/C25H30N4O4/c1-19-4-8-21(9-5-19)32-16-13-24(30)26-23-12-14-29(27-23)18-25(31)28(3)15-17-33-22-10-6-20(2)7-11-22/h4-12,14H,13,15-18H2,1-3H3,(H,26,27,30). The van der Waals surface area contributed by atoms with Gasteiger partial charge in [0.05, 0.1) is 19.6 Å². The van der Waals surface area contributed by atoms with Crippen LogP contribution < -0.4 is 14.8 Å². The first kappa shape index (κ1) is 23.8. The van der Waals surface area contributed by atoms with Crippen LogP contribution in [0.15, 0.2) is 60.8 Å². The molecule has 2 amide bonds. The fraction of sp³-hybridized carbons (Fsp3) is 0.320. The second kappa shape index (κ2) is 11.7. The van der Waals surface area contributed by atoms with Crippen molar-refractivity contribution in [3.05, 3.63) is 71.9 Å². The van der Waals surface area contributed by atoms with E-state index >= 15 is 0 Å². The highest BCUT2D eigenvalue weighted by atomic mass is 16.5. The first-order valence-corrected chi connectivity index (χ1v) is 10.9. The molecule has 3 aromatic rings. The summed E-state index contributed by atoms with van der Waals surface area (Å²) in [5.41, 5.74) is 2.32. The second-order valence-corrected chi connectivity index (χ2v) is 7.84. The van der Waals surface area contributed by atoms with Crippen molar-refractivity contribution in [3.8, 4) is 11.5 Å². The lowest BCUT2D eigenvalue weighted by atomic mass is 10.2. The molecule has 0 aliphatic rings. The number of rotatable bonds is 11. The molecule has 3 rings (SSSR count). The van der Waals surface area contributed by atoms with Crippen molar-refractivity contribution in [1.82, 2.24) is 14.7 Å². The first-order valence-electron chi connectivity index (χ1n) is 10.9. The summed E-state index contributed by atoms with van der Waals surface area (Å²) in [7, 11) is 1.72. The summed E-state index contributed by atoms with van der Waals surface area (Å²) in [4.78, 5) is 26.1. The maximum absolute atomic E-state index is 12.4. The Bertz CT molecular complexity index is 1050. The van der Waals surface area contributed by atoms with Gasteiger partial charge in [-0.3, -0.25) is 14.3 Å². The Morgan fingerprint density at radius 1 is 0.909 bits per heavy atom. The average molecular weight is 451 g/mol. The van der Waals surface area contributed by atoms with Gasteiger partial charge in [0.2, 0.25) is 11.8 Å². The Kier molecular flexibility index (Phi) is 8.46. The van der Waals surface area contributed by atoms with Crippen LogP contribution in [0, 0.1) is 13.8 Å². The van der Waals surface area contributed by atoms with Gasteiger partial charge in [-0.15, -0.1) is 0 Å². The summed E-state index contributed by atoms with van der Waals surface area (Å²) in [6.07, 6.45) is 1.86. The normalized spacial score (nSPS) is 10.5. The minimum Gasteiger partial charge on any atom is -0.493 e. The number of nitrogens with zero attached hydrogens (tertiary/aromatic N) is 3. The van der Waals surface area contributed by atoms with E-state index in [0.717, 1.165) is 17.1 Å². The first-order chi connectivity index (χ1) is 15.9. The van der Waals surface area contributed by atoms with E-state index in [-0.39, 0.29) is 31.4 Å². The number of carbonyl (C=O) groups excluding carboxylic acids is 2. The Morgan fingerprint density at radius 3 is 2.09 bits per heavy atom. The lowest BCUT2D eigenvalue weighted by Gasteiger charge is -2.17. The molecule has 0 atom stereocenters. The van der Waals surface area contributed by atoms with Gasteiger partial charge in [-0.2, -0.15) is 5.10 Å². The van der Waals surface area contributed by atoms with Crippen LogP contribution in [0.5, 0.6) is 11.5 Å². The summed E-state index contributed by atoms with van der Waals surface area (Å²) in [5.74, 6) is 1.59. The fourth-order valence-corrected chi connectivity index (χ4v) is 2.94. The molecule has 0 radical (unpaired) electrons. The highest BCUT2D eigenvalue weighted by Gasteiger charge is 2.12. The van der Waals surface area contributed by atoms with Crippen molar-refractivity contribution in [2.75, 3.05) is 32.1 Å². The molecular weight excluding hydrogens is 420 g/mol. The number of amides is 2. The summed E-state index contributed by atoms with van der Waals surface area (Å²) in [6.45, 7) is 5.22. The molecule has 0 fully saturated rings. The Balaban J connectivity index is 1.36. The molecule has 0 aliphatic carbocycles. The highest BCUT2D eigenvalue weighted by molar-refractivity contribution is 5.89. The summed E-state index contributed by atoms with van der Waals surface area (Å²) < 4.78 is 12.7. The van der Waals surface area contributed by atoms with E-state index in [0.29, 0.717) is 19.0 Å². The number of likely N-dealkylation sites (N-methyl/N-ethyl adjacent to an activating group) is 1. The maximum atomic E-state index is 12.4. The molecule has 1 heterocycles. The molecule has 8 nitrogen and oxygen atoms in total. The fourth-order valence-electron chi connectivity index (χ4n) is 2.94. The molecule has 174 valence electrons. The predicted molar refractivity (Wildman–Crippen MR) is 126 cm³/mol.